The van der Waals surface area contributed by atoms with E-state index >= 15 is 0 Å². The van der Waals surface area contributed by atoms with Gasteiger partial charge in [0.15, 0.2) is 0 Å². The average molecular weight is 578 g/mol. The number of hydrogen-bond donors (Lipinski definition) is 2. The molecule has 12 heteroatoms. The molecular weight excluding hydrogens is 534 g/mol. The number of morpholine rings is 1. The molecule has 40 heavy (non-hydrogen) atoms. The number of unbranched alkanes of at least 4 members (excludes halogenated alkanes) is 4. The van der Waals surface area contributed by atoms with Crippen LogP contribution in [0.1, 0.15) is 64.2 Å². The zero-order chi connectivity index (χ0) is 28.2. The van der Waals surface area contributed by atoms with E-state index in [0.717, 1.165) is 70.9 Å². The van der Waals surface area contributed by atoms with Crippen molar-refractivity contribution in [2.75, 3.05) is 62.4 Å². The van der Waals surface area contributed by atoms with Gasteiger partial charge in [0.05, 0.1) is 31.6 Å². The fourth-order valence-electron chi connectivity index (χ4n) is 5.29. The van der Waals surface area contributed by atoms with Crippen LogP contribution in [-0.2, 0) is 19.6 Å². The van der Waals surface area contributed by atoms with Gasteiger partial charge in [-0.05, 0) is 37.8 Å². The Morgan fingerprint density at radius 3 is 2.38 bits per heavy atom. The van der Waals surface area contributed by atoms with Crippen LogP contribution in [0.25, 0.3) is 0 Å². The van der Waals surface area contributed by atoms with Gasteiger partial charge in [-0.2, -0.15) is 0 Å². The van der Waals surface area contributed by atoms with Crippen LogP contribution in [0.5, 0.6) is 0 Å². The number of sulfonamides is 1. The number of anilines is 3. The van der Waals surface area contributed by atoms with Crippen molar-refractivity contribution in [2.45, 2.75) is 70.3 Å². The summed E-state index contributed by atoms with van der Waals surface area (Å²) in [5, 5.41) is 6.06. The van der Waals surface area contributed by atoms with E-state index in [9.17, 15) is 18.0 Å². The second-order valence-electron chi connectivity index (χ2n) is 10.6. The predicted molar refractivity (Wildman–Crippen MR) is 156 cm³/mol. The van der Waals surface area contributed by atoms with Crippen molar-refractivity contribution < 1.29 is 18.0 Å². The molecule has 11 nitrogen and oxygen atoms in total. The lowest BCUT2D eigenvalue weighted by atomic mass is 9.96. The number of aromatic nitrogens is 1. The molecule has 1 aliphatic heterocycles. The molecule has 2 heterocycles. The molecule has 0 bridgehead atoms. The number of hydrogen-bond acceptors (Lipinski definition) is 10. The first-order valence-electron chi connectivity index (χ1n) is 14.6. The van der Waals surface area contributed by atoms with Crippen LogP contribution in [0, 0.1) is 0 Å². The Labute approximate surface area is 236 Å². The normalized spacial score (nSPS) is 17.4. The molecule has 1 aromatic heterocycles. The summed E-state index contributed by atoms with van der Waals surface area (Å²) >= 11 is 0. The highest BCUT2D eigenvalue weighted by molar-refractivity contribution is 7.88. The molecule has 2 N–H and O–H groups in total. The Bertz CT molecular complexity index is 1210. The van der Waals surface area contributed by atoms with E-state index in [1.165, 1.54) is 4.47 Å². The summed E-state index contributed by atoms with van der Waals surface area (Å²) in [6.07, 6.45) is 12.2. The minimum atomic E-state index is -3.50. The molecular formula is C28H43N5O6S. The van der Waals surface area contributed by atoms with Crippen molar-refractivity contribution in [1.29, 1.82) is 0 Å². The third kappa shape index (κ3) is 8.81. The lowest BCUT2D eigenvalue weighted by molar-refractivity contribution is -0.126. The standard InChI is InChI=1S/C28H43N5O6S/c34-27-25(26(28(27)35)31-23-11-14-29-15-12-23)30-13-7-2-1-3-8-22-40(36,37)33(24-9-5-4-6-10-24)39-21-18-32-16-19-38-20-17-32/h11-12,14-15,24,30H,1-10,13,16-22H2,(H,29,31). The zero-order valence-corrected chi connectivity index (χ0v) is 24.1. The van der Waals surface area contributed by atoms with Crippen molar-refractivity contribution in [3.8, 4) is 0 Å². The van der Waals surface area contributed by atoms with E-state index in [4.69, 9.17) is 9.57 Å². The second kappa shape index (κ2) is 15.6. The van der Waals surface area contributed by atoms with E-state index in [1.54, 1.807) is 24.5 Å². The van der Waals surface area contributed by atoms with Gasteiger partial charge in [0, 0.05) is 44.3 Å². The summed E-state index contributed by atoms with van der Waals surface area (Å²) < 4.78 is 33.3. The molecule has 1 aliphatic carbocycles. The maximum Gasteiger partial charge on any atom is 0.253 e. The molecule has 0 spiro atoms. The second-order valence-corrected chi connectivity index (χ2v) is 12.5. The SMILES string of the molecule is O=c1c(NCCCCCCCS(=O)(=O)N(OCCN2CCOCC2)C2CCCCC2)c(Nc2ccncc2)c1=O. The van der Waals surface area contributed by atoms with Crippen LogP contribution in [0.3, 0.4) is 0 Å². The molecule has 2 aromatic rings. The third-order valence-corrected chi connectivity index (χ3v) is 9.37. The Kier molecular flexibility index (Phi) is 11.9. The molecule has 4 rings (SSSR count). The molecule has 0 amide bonds. The molecule has 222 valence electrons. The van der Waals surface area contributed by atoms with Gasteiger partial charge in [-0.25, -0.2) is 8.42 Å². The van der Waals surface area contributed by atoms with Gasteiger partial charge < -0.3 is 15.4 Å². The van der Waals surface area contributed by atoms with Crippen molar-refractivity contribution in [2.24, 2.45) is 0 Å². The number of ether oxygens (including phenoxy) is 1. The summed E-state index contributed by atoms with van der Waals surface area (Å²) in [4.78, 5) is 36.1. The van der Waals surface area contributed by atoms with E-state index in [1.807, 2.05) is 0 Å². The number of pyridine rings is 1. The molecule has 1 saturated heterocycles. The molecule has 0 unspecified atom stereocenters. The predicted octanol–water partition coefficient (Wildman–Crippen LogP) is 3.01. The topological polar surface area (TPSA) is 130 Å². The van der Waals surface area contributed by atoms with Gasteiger partial charge >= 0.3 is 0 Å². The smallest absolute Gasteiger partial charge is 0.253 e. The minimum absolute atomic E-state index is 0.0668. The number of rotatable bonds is 17. The molecule has 0 radical (unpaired) electrons. The van der Waals surface area contributed by atoms with Gasteiger partial charge in [-0.1, -0.05) is 43.0 Å². The summed E-state index contributed by atoms with van der Waals surface area (Å²) in [6, 6.07) is 3.39. The van der Waals surface area contributed by atoms with Gasteiger partial charge in [-0.15, -0.1) is 0 Å². The first-order chi connectivity index (χ1) is 19.5. The maximum atomic E-state index is 13.3. The van der Waals surface area contributed by atoms with Crippen molar-refractivity contribution in [1.82, 2.24) is 14.4 Å². The van der Waals surface area contributed by atoms with Crippen LogP contribution < -0.4 is 21.5 Å². The quantitative estimate of drug-likeness (QED) is 0.164. The zero-order valence-electron chi connectivity index (χ0n) is 23.3. The van der Waals surface area contributed by atoms with Crippen LogP contribution in [0.15, 0.2) is 34.1 Å². The van der Waals surface area contributed by atoms with E-state index in [2.05, 4.69) is 20.5 Å². The van der Waals surface area contributed by atoms with E-state index in [0.29, 0.717) is 50.7 Å². The molecule has 1 saturated carbocycles. The summed E-state index contributed by atoms with van der Waals surface area (Å²) in [7, 11) is -3.50. The maximum absolute atomic E-state index is 13.3. The molecule has 0 atom stereocenters. The highest BCUT2D eigenvalue weighted by atomic mass is 32.2. The van der Waals surface area contributed by atoms with Crippen LogP contribution in [-0.4, -0.2) is 80.6 Å². The van der Waals surface area contributed by atoms with Gasteiger partial charge in [-0.3, -0.25) is 24.3 Å². The van der Waals surface area contributed by atoms with Gasteiger partial charge in [0.1, 0.15) is 11.4 Å². The number of nitrogens with one attached hydrogen (secondary N) is 2. The van der Waals surface area contributed by atoms with Crippen molar-refractivity contribution in [3.05, 3.63) is 45.0 Å². The van der Waals surface area contributed by atoms with Crippen molar-refractivity contribution >= 4 is 27.1 Å². The fourth-order valence-corrected chi connectivity index (χ4v) is 6.94. The number of hydroxylamine groups is 1. The van der Waals surface area contributed by atoms with Crippen LogP contribution in [0.2, 0.25) is 0 Å². The largest absolute Gasteiger partial charge is 0.380 e. The molecule has 2 aliphatic rings. The Hall–Kier alpha value is -2.38. The lowest BCUT2D eigenvalue weighted by Gasteiger charge is -2.33. The highest BCUT2D eigenvalue weighted by Gasteiger charge is 2.32. The molecule has 2 fully saturated rings. The molecule has 1 aromatic carbocycles. The third-order valence-electron chi connectivity index (χ3n) is 7.62. The first kappa shape index (κ1) is 30.6. The van der Waals surface area contributed by atoms with E-state index in [-0.39, 0.29) is 17.5 Å². The van der Waals surface area contributed by atoms with Crippen molar-refractivity contribution in [3.63, 3.8) is 0 Å². The average Bonchev–Trinajstić information content (AvgIpc) is 2.99. The summed E-state index contributed by atoms with van der Waals surface area (Å²) in [6.45, 7) is 4.76. The lowest BCUT2D eigenvalue weighted by Crippen LogP contribution is -2.45. The Morgan fingerprint density at radius 2 is 1.62 bits per heavy atom. The summed E-state index contributed by atoms with van der Waals surface area (Å²) in [5.41, 5.74) is 0.286. The van der Waals surface area contributed by atoms with Crippen LogP contribution in [0.4, 0.5) is 17.1 Å². The Morgan fingerprint density at radius 1 is 0.950 bits per heavy atom. The number of nitrogens with zero attached hydrogens (tertiary/aromatic N) is 3. The van der Waals surface area contributed by atoms with Gasteiger partial charge in [0.2, 0.25) is 10.0 Å². The highest BCUT2D eigenvalue weighted by Crippen LogP contribution is 2.26. The monoisotopic (exact) mass is 577 g/mol. The van der Waals surface area contributed by atoms with E-state index < -0.39 is 20.9 Å². The van der Waals surface area contributed by atoms with Crippen LogP contribution >= 0.6 is 0 Å². The van der Waals surface area contributed by atoms with Gasteiger partial charge in [0.25, 0.3) is 10.9 Å². The summed E-state index contributed by atoms with van der Waals surface area (Å²) in [5.74, 6) is 0.0901. The Balaban J connectivity index is 1.14. The minimum Gasteiger partial charge on any atom is -0.380 e. The fraction of sp³-hybridized carbons (Fsp3) is 0.679. The first-order valence-corrected chi connectivity index (χ1v) is 16.3.